The van der Waals surface area contributed by atoms with Crippen LogP contribution in [0.15, 0.2) is 109 Å². The first-order valence-corrected chi connectivity index (χ1v) is 12.5. The minimum Gasteiger partial charge on any atom is -0.349 e. The summed E-state index contributed by atoms with van der Waals surface area (Å²) in [6.07, 6.45) is -0.923. The third-order valence-corrected chi connectivity index (χ3v) is 7.88. The van der Waals surface area contributed by atoms with E-state index in [0.717, 1.165) is 16.0 Å². The molecule has 6 nitrogen and oxygen atoms in total. The van der Waals surface area contributed by atoms with Crippen molar-refractivity contribution in [1.29, 1.82) is 0 Å². The standard InChI is InChI=1S/C32H21NO5/c34-28-23-13-7-8-14-24(23)29(35)32(28)26-25(27(38-32)21-11-5-2-6-12-21)30(36)33(31(26)37)22-17-15-20(16-18-22)19-9-3-1-4-10-19/h1-18,25-27H. The van der Waals surface area contributed by atoms with Crippen molar-refractivity contribution in [2.45, 2.75) is 11.7 Å². The van der Waals surface area contributed by atoms with Crippen LogP contribution in [0.1, 0.15) is 32.4 Å². The minimum atomic E-state index is -2.07. The van der Waals surface area contributed by atoms with E-state index in [1.807, 2.05) is 48.5 Å². The van der Waals surface area contributed by atoms with Crippen LogP contribution >= 0.6 is 0 Å². The number of hydrogen-bond acceptors (Lipinski definition) is 5. The van der Waals surface area contributed by atoms with E-state index in [1.165, 1.54) is 0 Å². The van der Waals surface area contributed by atoms with Crippen molar-refractivity contribution in [1.82, 2.24) is 0 Å². The molecular weight excluding hydrogens is 478 g/mol. The highest BCUT2D eigenvalue weighted by atomic mass is 16.5. The average molecular weight is 500 g/mol. The average Bonchev–Trinajstić information content (AvgIpc) is 3.54. The number of amides is 2. The third-order valence-electron chi connectivity index (χ3n) is 7.88. The first-order chi connectivity index (χ1) is 18.5. The van der Waals surface area contributed by atoms with Crippen molar-refractivity contribution >= 4 is 29.1 Å². The van der Waals surface area contributed by atoms with Gasteiger partial charge in [-0.25, -0.2) is 4.90 Å². The number of ether oxygens (including phenoxy) is 1. The summed E-state index contributed by atoms with van der Waals surface area (Å²) in [4.78, 5) is 56.8. The smallest absolute Gasteiger partial charge is 0.241 e. The van der Waals surface area contributed by atoms with Crippen molar-refractivity contribution in [3.8, 4) is 11.1 Å². The van der Waals surface area contributed by atoms with Crippen molar-refractivity contribution in [3.63, 3.8) is 0 Å². The number of imide groups is 1. The molecule has 0 radical (unpaired) electrons. The van der Waals surface area contributed by atoms with Crippen LogP contribution < -0.4 is 4.90 Å². The van der Waals surface area contributed by atoms with Crippen LogP contribution in [0.25, 0.3) is 11.1 Å². The second kappa shape index (κ2) is 8.16. The van der Waals surface area contributed by atoms with Crippen molar-refractivity contribution in [2.75, 3.05) is 4.90 Å². The maximum atomic E-state index is 14.1. The summed E-state index contributed by atoms with van der Waals surface area (Å²) >= 11 is 0. The molecule has 0 bridgehead atoms. The second-order valence-corrected chi connectivity index (χ2v) is 9.82. The molecule has 38 heavy (non-hydrogen) atoms. The molecule has 4 aromatic carbocycles. The monoisotopic (exact) mass is 499 g/mol. The Morgan fingerprint density at radius 2 is 1.11 bits per heavy atom. The molecule has 3 atom stereocenters. The molecule has 2 heterocycles. The molecule has 1 spiro atoms. The first kappa shape index (κ1) is 22.5. The Balaban J connectivity index is 1.34. The number of benzene rings is 4. The van der Waals surface area contributed by atoms with Gasteiger partial charge in [0.25, 0.3) is 0 Å². The van der Waals surface area contributed by atoms with E-state index in [-0.39, 0.29) is 11.1 Å². The Morgan fingerprint density at radius 1 is 0.579 bits per heavy atom. The summed E-state index contributed by atoms with van der Waals surface area (Å²) in [6.45, 7) is 0. The zero-order chi connectivity index (χ0) is 26.0. The predicted octanol–water partition coefficient (Wildman–Crippen LogP) is 5.05. The van der Waals surface area contributed by atoms with Gasteiger partial charge in [0.1, 0.15) is 0 Å². The number of Topliss-reactive ketones (excluding diaryl/α,β-unsaturated/α-hetero) is 2. The van der Waals surface area contributed by atoms with Crippen LogP contribution in [-0.2, 0) is 14.3 Å². The topological polar surface area (TPSA) is 80.8 Å². The number of ketones is 2. The van der Waals surface area contributed by atoms with E-state index in [9.17, 15) is 19.2 Å². The quantitative estimate of drug-likeness (QED) is 0.291. The van der Waals surface area contributed by atoms with Crippen LogP contribution in [0.3, 0.4) is 0 Å². The fourth-order valence-electron chi connectivity index (χ4n) is 6.15. The summed E-state index contributed by atoms with van der Waals surface area (Å²) in [7, 11) is 0. The van der Waals surface area contributed by atoms with Gasteiger partial charge in [-0.2, -0.15) is 0 Å². The highest BCUT2D eigenvalue weighted by Crippen LogP contribution is 2.57. The molecule has 4 aromatic rings. The lowest BCUT2D eigenvalue weighted by Crippen LogP contribution is -2.51. The van der Waals surface area contributed by atoms with Crippen LogP contribution in [0.5, 0.6) is 0 Å². The van der Waals surface area contributed by atoms with Gasteiger partial charge >= 0.3 is 0 Å². The summed E-state index contributed by atoms with van der Waals surface area (Å²) in [5.74, 6) is -4.47. The largest absolute Gasteiger partial charge is 0.349 e. The number of carbonyl (C=O) groups is 4. The molecule has 6 heteroatoms. The lowest BCUT2D eigenvalue weighted by atomic mass is 9.77. The van der Waals surface area contributed by atoms with Gasteiger partial charge in [0.15, 0.2) is 0 Å². The number of hydrogen-bond donors (Lipinski definition) is 0. The fourth-order valence-corrected chi connectivity index (χ4v) is 6.15. The van der Waals surface area contributed by atoms with E-state index in [4.69, 9.17) is 4.74 Å². The number of fused-ring (bicyclic) bond motifs is 3. The van der Waals surface area contributed by atoms with Gasteiger partial charge in [0.05, 0.1) is 23.6 Å². The molecular formula is C32H21NO5. The Kier molecular flexibility index (Phi) is 4.84. The molecule has 2 fully saturated rings. The first-order valence-electron chi connectivity index (χ1n) is 12.5. The molecule has 0 aromatic heterocycles. The van der Waals surface area contributed by atoms with Crippen LogP contribution in [0.4, 0.5) is 5.69 Å². The maximum absolute atomic E-state index is 14.1. The van der Waals surface area contributed by atoms with Crippen LogP contribution in [0, 0.1) is 11.8 Å². The zero-order valence-electron chi connectivity index (χ0n) is 20.1. The normalized spacial score (nSPS) is 23.3. The summed E-state index contributed by atoms with van der Waals surface area (Å²) in [5.41, 5.74) is 1.34. The van der Waals surface area contributed by atoms with Gasteiger partial charge in [0.2, 0.25) is 29.0 Å². The minimum absolute atomic E-state index is 0.218. The van der Waals surface area contributed by atoms with Crippen LogP contribution in [0.2, 0.25) is 0 Å². The van der Waals surface area contributed by atoms with Gasteiger partial charge in [-0.1, -0.05) is 97.1 Å². The molecule has 7 rings (SSSR count). The van der Waals surface area contributed by atoms with E-state index in [2.05, 4.69) is 0 Å². The van der Waals surface area contributed by atoms with E-state index in [1.54, 1.807) is 60.7 Å². The molecule has 3 aliphatic rings. The molecule has 2 saturated heterocycles. The van der Waals surface area contributed by atoms with Crippen molar-refractivity contribution in [2.24, 2.45) is 11.8 Å². The van der Waals surface area contributed by atoms with Gasteiger partial charge in [-0.3, -0.25) is 19.2 Å². The Labute approximate surface area is 218 Å². The second-order valence-electron chi connectivity index (χ2n) is 9.82. The lowest BCUT2D eigenvalue weighted by Gasteiger charge is -2.27. The van der Waals surface area contributed by atoms with Gasteiger partial charge in [-0.15, -0.1) is 0 Å². The van der Waals surface area contributed by atoms with Gasteiger partial charge in [-0.05, 0) is 28.8 Å². The fraction of sp³-hybridized carbons (Fsp3) is 0.125. The van der Waals surface area contributed by atoms with Crippen LogP contribution in [-0.4, -0.2) is 29.0 Å². The molecule has 3 unspecified atom stereocenters. The highest BCUT2D eigenvalue weighted by molar-refractivity contribution is 6.37. The molecule has 184 valence electrons. The van der Waals surface area contributed by atoms with Crippen molar-refractivity contribution in [3.05, 3.63) is 126 Å². The van der Waals surface area contributed by atoms with E-state index >= 15 is 0 Å². The molecule has 2 aliphatic heterocycles. The summed E-state index contributed by atoms with van der Waals surface area (Å²) in [6, 6.07) is 32.4. The van der Waals surface area contributed by atoms with Gasteiger partial charge in [0, 0.05) is 11.1 Å². The zero-order valence-corrected chi connectivity index (χ0v) is 20.1. The van der Waals surface area contributed by atoms with Crippen molar-refractivity contribution < 1.29 is 23.9 Å². The van der Waals surface area contributed by atoms with Gasteiger partial charge < -0.3 is 4.74 Å². The third kappa shape index (κ3) is 2.92. The summed E-state index contributed by atoms with van der Waals surface area (Å²) in [5, 5.41) is 0. The highest BCUT2D eigenvalue weighted by Gasteiger charge is 2.74. The Morgan fingerprint density at radius 3 is 1.71 bits per heavy atom. The SMILES string of the molecule is O=C1C2C(c3ccccc3)OC3(C(=O)c4ccccc4C3=O)C2C(=O)N1c1ccc(-c2ccccc2)cc1. The molecule has 2 amide bonds. The molecule has 0 N–H and O–H groups in total. The Hall–Kier alpha value is -4.68. The number of anilines is 1. The number of carbonyl (C=O) groups excluding carboxylic acids is 4. The number of rotatable bonds is 3. The molecule has 1 aliphatic carbocycles. The summed E-state index contributed by atoms with van der Waals surface area (Å²) < 4.78 is 6.30. The molecule has 0 saturated carbocycles. The maximum Gasteiger partial charge on any atom is 0.241 e. The predicted molar refractivity (Wildman–Crippen MR) is 139 cm³/mol. The number of nitrogens with zero attached hydrogens (tertiary/aromatic N) is 1. The van der Waals surface area contributed by atoms with E-state index < -0.39 is 46.9 Å². The van der Waals surface area contributed by atoms with E-state index in [0.29, 0.717) is 11.3 Å². The Bertz CT molecular complexity index is 1590. The lowest BCUT2D eigenvalue weighted by molar-refractivity contribution is -0.127.